The van der Waals surface area contributed by atoms with Crippen LogP contribution in [0.15, 0.2) is 58.4 Å². The molecule has 8 nitrogen and oxygen atoms in total. The number of benzene rings is 3. The van der Waals surface area contributed by atoms with Crippen molar-refractivity contribution in [2.75, 3.05) is 31.1 Å². The normalized spacial score (nSPS) is 19.0. The topological polar surface area (TPSA) is 88.5 Å². The van der Waals surface area contributed by atoms with Crippen molar-refractivity contribution in [3.8, 4) is 11.5 Å². The molecule has 0 saturated carbocycles. The Kier molecular flexibility index (Phi) is 6.47. The molecule has 3 aromatic rings. The highest BCUT2D eigenvalue weighted by molar-refractivity contribution is 7.93. The Morgan fingerprint density at radius 3 is 2.68 bits per heavy atom. The molecule has 0 aliphatic carbocycles. The van der Waals surface area contributed by atoms with Crippen LogP contribution in [0.4, 0.5) is 11.4 Å². The van der Waals surface area contributed by atoms with Crippen molar-refractivity contribution < 1.29 is 22.7 Å². The summed E-state index contributed by atoms with van der Waals surface area (Å²) in [4.78, 5) is 19.9. The van der Waals surface area contributed by atoms with Crippen molar-refractivity contribution in [1.82, 2.24) is 4.90 Å². The lowest BCUT2D eigenvalue weighted by molar-refractivity contribution is 0.0774. The number of hydrogen-bond donors (Lipinski definition) is 0. The first kappa shape index (κ1) is 24.7. The summed E-state index contributed by atoms with van der Waals surface area (Å²) in [6, 6.07) is 14.8. The van der Waals surface area contributed by atoms with Gasteiger partial charge >= 0.3 is 0 Å². The largest absolute Gasteiger partial charge is 0.493 e. The fraction of sp³-hybridized carbons (Fsp3) is 0.379. The van der Waals surface area contributed by atoms with Crippen LogP contribution in [0.5, 0.6) is 11.5 Å². The first-order valence-corrected chi connectivity index (χ1v) is 14.7. The highest BCUT2D eigenvalue weighted by atomic mass is 32.2. The van der Waals surface area contributed by atoms with E-state index in [0.717, 1.165) is 61.5 Å². The number of carbonyl (C=O) groups is 1. The predicted molar refractivity (Wildman–Crippen MR) is 148 cm³/mol. The monoisotopic (exact) mass is 533 g/mol. The van der Waals surface area contributed by atoms with Crippen molar-refractivity contribution in [3.05, 3.63) is 54.1 Å². The highest BCUT2D eigenvalue weighted by Crippen LogP contribution is 2.42. The van der Waals surface area contributed by atoms with E-state index in [-0.39, 0.29) is 11.9 Å². The van der Waals surface area contributed by atoms with Gasteiger partial charge in [-0.25, -0.2) is 8.42 Å². The minimum atomic E-state index is -3.50. The van der Waals surface area contributed by atoms with E-state index in [1.165, 1.54) is 0 Å². The van der Waals surface area contributed by atoms with Gasteiger partial charge in [-0.3, -0.25) is 14.1 Å². The van der Waals surface area contributed by atoms with Crippen LogP contribution >= 0.6 is 0 Å². The maximum absolute atomic E-state index is 13.1. The van der Waals surface area contributed by atoms with Crippen LogP contribution in [0.1, 0.15) is 48.9 Å². The van der Waals surface area contributed by atoms with Crippen molar-refractivity contribution in [2.24, 2.45) is 4.99 Å². The van der Waals surface area contributed by atoms with E-state index in [1.807, 2.05) is 35.4 Å². The van der Waals surface area contributed by atoms with E-state index in [4.69, 9.17) is 9.47 Å². The third-order valence-electron chi connectivity index (χ3n) is 7.65. The zero-order valence-electron chi connectivity index (χ0n) is 21.4. The summed E-state index contributed by atoms with van der Waals surface area (Å²) in [6.45, 7) is 1.70. The van der Waals surface area contributed by atoms with Crippen LogP contribution in [-0.4, -0.2) is 58.3 Å². The van der Waals surface area contributed by atoms with Gasteiger partial charge < -0.3 is 14.4 Å². The molecule has 1 atom stereocenters. The molecule has 0 radical (unpaired) electrons. The number of hydrogen-bond acceptors (Lipinski definition) is 6. The number of ether oxygens (including phenoxy) is 2. The van der Waals surface area contributed by atoms with Crippen molar-refractivity contribution >= 4 is 44.3 Å². The van der Waals surface area contributed by atoms with Gasteiger partial charge in [0.05, 0.1) is 41.6 Å². The molecule has 1 fully saturated rings. The van der Waals surface area contributed by atoms with Crippen molar-refractivity contribution in [1.29, 1.82) is 0 Å². The van der Waals surface area contributed by atoms with Gasteiger partial charge in [0.25, 0.3) is 15.9 Å². The summed E-state index contributed by atoms with van der Waals surface area (Å²) in [7, 11) is -1.93. The predicted octanol–water partition coefficient (Wildman–Crippen LogP) is 5.32. The fourth-order valence-corrected chi connectivity index (χ4v) is 7.46. The molecule has 0 unspecified atom stereocenters. The number of carbonyl (C=O) groups excluding carboxylic acids is 1. The summed E-state index contributed by atoms with van der Waals surface area (Å²) in [5.74, 6) is 1.09. The molecular weight excluding hydrogens is 502 g/mol. The third kappa shape index (κ3) is 4.18. The average molecular weight is 534 g/mol. The summed E-state index contributed by atoms with van der Waals surface area (Å²) >= 11 is 0. The molecule has 9 heteroatoms. The van der Waals surface area contributed by atoms with Gasteiger partial charge in [-0.15, -0.1) is 0 Å². The Labute approximate surface area is 222 Å². The SMILES string of the molecule is COc1cc2c(cc1OCCCCCCN1c3cccc4cccc(c34)S1(=O)=O)N=C[C@@H]1CCCN1C2=O. The molecule has 0 N–H and O–H groups in total. The van der Waals surface area contributed by atoms with Crippen LogP contribution in [0, 0.1) is 0 Å². The second-order valence-electron chi connectivity index (χ2n) is 9.98. The second kappa shape index (κ2) is 9.94. The number of fused-ring (bicyclic) bond motifs is 2. The van der Waals surface area contributed by atoms with E-state index in [1.54, 1.807) is 35.7 Å². The van der Waals surface area contributed by atoms with E-state index in [9.17, 15) is 13.2 Å². The molecule has 3 heterocycles. The zero-order chi connectivity index (χ0) is 26.3. The number of aliphatic imine (C=N–C) groups is 1. The lowest BCUT2D eigenvalue weighted by Crippen LogP contribution is -2.35. The lowest BCUT2D eigenvalue weighted by atomic mass is 10.1. The first-order valence-electron chi connectivity index (χ1n) is 13.2. The Morgan fingerprint density at radius 1 is 1.03 bits per heavy atom. The maximum atomic E-state index is 13.1. The molecule has 3 aliphatic heterocycles. The maximum Gasteiger partial charge on any atom is 0.265 e. The molecule has 0 aromatic heterocycles. The zero-order valence-corrected chi connectivity index (χ0v) is 22.2. The highest BCUT2D eigenvalue weighted by Gasteiger charge is 2.35. The molecule has 0 bridgehead atoms. The van der Waals surface area contributed by atoms with Gasteiger partial charge in [0.15, 0.2) is 11.5 Å². The Balaban J connectivity index is 1.03. The van der Waals surface area contributed by atoms with Crippen LogP contribution in [0.25, 0.3) is 10.8 Å². The standard InChI is InChI=1S/C29H31N3O5S/c1-36-25-17-22-23(30-19-21-11-8-14-31(21)29(22)33)18-26(25)37-16-5-3-2-4-15-32-24-12-6-9-20-10-7-13-27(28(20)24)38(32,34)35/h6-7,9-10,12-13,17-19,21H,2-5,8,11,14-16H2,1H3/t21-/m0/s1. The molecule has 3 aliphatic rings. The van der Waals surface area contributed by atoms with Gasteiger partial charge in [0.1, 0.15) is 0 Å². The molecule has 198 valence electrons. The summed E-state index contributed by atoms with van der Waals surface area (Å²) in [5, 5.41) is 1.77. The molecule has 38 heavy (non-hydrogen) atoms. The lowest BCUT2D eigenvalue weighted by Gasteiger charge is -2.20. The number of methoxy groups -OCH3 is 1. The molecule has 0 spiro atoms. The smallest absolute Gasteiger partial charge is 0.265 e. The summed E-state index contributed by atoms with van der Waals surface area (Å²) in [5.41, 5.74) is 1.94. The number of anilines is 1. The van der Waals surface area contributed by atoms with Crippen LogP contribution < -0.4 is 13.8 Å². The number of sulfonamides is 1. The number of amides is 1. The first-order chi connectivity index (χ1) is 18.5. The van der Waals surface area contributed by atoms with E-state index in [0.29, 0.717) is 40.8 Å². The van der Waals surface area contributed by atoms with Gasteiger partial charge in [0, 0.05) is 30.8 Å². The van der Waals surface area contributed by atoms with E-state index < -0.39 is 10.0 Å². The quantitative estimate of drug-likeness (QED) is 0.348. The minimum absolute atomic E-state index is 0.0100. The molecule has 1 saturated heterocycles. The van der Waals surface area contributed by atoms with E-state index >= 15 is 0 Å². The van der Waals surface area contributed by atoms with Crippen molar-refractivity contribution in [2.45, 2.75) is 49.5 Å². The minimum Gasteiger partial charge on any atom is -0.493 e. The fourth-order valence-electron chi connectivity index (χ4n) is 5.71. The van der Waals surface area contributed by atoms with Gasteiger partial charge in [-0.05, 0) is 49.3 Å². The van der Waals surface area contributed by atoms with Gasteiger partial charge in [-0.1, -0.05) is 37.1 Å². The number of nitrogens with zero attached hydrogens (tertiary/aromatic N) is 3. The molecule has 6 rings (SSSR count). The van der Waals surface area contributed by atoms with Crippen LogP contribution in [0.3, 0.4) is 0 Å². The molecule has 3 aromatic carbocycles. The third-order valence-corrected chi connectivity index (χ3v) is 9.51. The van der Waals surface area contributed by atoms with E-state index in [2.05, 4.69) is 4.99 Å². The van der Waals surface area contributed by atoms with Crippen molar-refractivity contribution in [3.63, 3.8) is 0 Å². The summed E-state index contributed by atoms with van der Waals surface area (Å²) in [6.07, 6.45) is 7.18. The number of unbranched alkanes of at least 4 members (excludes halogenated alkanes) is 3. The Morgan fingerprint density at radius 2 is 1.84 bits per heavy atom. The average Bonchev–Trinajstić information content (AvgIpc) is 3.45. The van der Waals surface area contributed by atoms with Crippen LogP contribution in [-0.2, 0) is 10.0 Å². The molecular formula is C29H31N3O5S. The number of rotatable bonds is 9. The Hall–Kier alpha value is -3.59. The Bertz CT molecular complexity index is 1530. The van der Waals surface area contributed by atoms with Gasteiger partial charge in [0.2, 0.25) is 0 Å². The van der Waals surface area contributed by atoms with Crippen LogP contribution in [0.2, 0.25) is 0 Å². The van der Waals surface area contributed by atoms with Gasteiger partial charge in [-0.2, -0.15) is 0 Å². The second-order valence-corrected chi connectivity index (χ2v) is 11.8. The summed E-state index contributed by atoms with van der Waals surface area (Å²) < 4.78 is 39.3. The molecule has 1 amide bonds.